The van der Waals surface area contributed by atoms with Crippen LogP contribution in [0.4, 0.5) is 0 Å². The lowest BCUT2D eigenvalue weighted by atomic mass is 9.95. The van der Waals surface area contributed by atoms with Crippen LogP contribution in [0.15, 0.2) is 92.3 Å². The zero-order chi connectivity index (χ0) is 33.7. The van der Waals surface area contributed by atoms with Gasteiger partial charge in [-0.25, -0.2) is 14.6 Å². The molecule has 0 unspecified atom stereocenters. The molecule has 0 saturated heterocycles. The van der Waals surface area contributed by atoms with E-state index >= 15 is 0 Å². The molecule has 0 aliphatic carbocycles. The van der Waals surface area contributed by atoms with Gasteiger partial charge in [0.25, 0.3) is 5.56 Å². The predicted octanol–water partition coefficient (Wildman–Crippen LogP) is 6.10. The fourth-order valence-electron chi connectivity index (χ4n) is 5.14. The van der Waals surface area contributed by atoms with Gasteiger partial charge in [0.2, 0.25) is 0 Å². The normalized spacial score (nSPS) is 14.4. The zero-order valence-electron chi connectivity index (χ0n) is 26.7. The SMILES string of the molecule is CCOC(=O)C1=C(C)N=c2s/c(=C\c3ccc(OCc4ccc(C(=O)OCC)cc4)c(Br)c3)c(=O)n2[C@H]1c1ccccc1OC(C)C. The second kappa shape index (κ2) is 15.0. The summed E-state index contributed by atoms with van der Waals surface area (Å²) in [5.74, 6) is 0.310. The van der Waals surface area contributed by atoms with Crippen LogP contribution in [0.1, 0.15) is 67.7 Å². The summed E-state index contributed by atoms with van der Waals surface area (Å²) in [6, 6.07) is 19.3. The number of nitrogens with zero attached hydrogens (tertiary/aromatic N) is 2. The Morgan fingerprint density at radius 2 is 1.68 bits per heavy atom. The number of para-hydroxylation sites is 1. The smallest absolute Gasteiger partial charge is 0.338 e. The van der Waals surface area contributed by atoms with Gasteiger partial charge in [0.05, 0.1) is 45.2 Å². The van der Waals surface area contributed by atoms with E-state index in [9.17, 15) is 14.4 Å². The Bertz CT molecular complexity index is 2010. The van der Waals surface area contributed by atoms with E-state index in [0.29, 0.717) is 60.9 Å². The van der Waals surface area contributed by atoms with E-state index in [1.807, 2.05) is 68.4 Å². The van der Waals surface area contributed by atoms with E-state index in [0.717, 1.165) is 11.1 Å². The molecule has 1 aliphatic rings. The van der Waals surface area contributed by atoms with Gasteiger partial charge < -0.3 is 18.9 Å². The standard InChI is InChI=1S/C36H35BrN2O7S/c1-6-43-34(41)25-15-12-23(13-16-25)20-45-29-17-14-24(18-27(29)37)19-30-33(40)39-32(26-10-8-9-11-28(26)46-21(3)4)31(35(42)44-7-2)22(5)38-36(39)47-30/h8-19,21,32H,6-7,20H2,1-5H3/b30-19-/t32-/m0/s1. The van der Waals surface area contributed by atoms with Crippen molar-refractivity contribution in [1.82, 2.24) is 4.57 Å². The molecule has 0 amide bonds. The van der Waals surface area contributed by atoms with E-state index in [-0.39, 0.29) is 24.2 Å². The maximum absolute atomic E-state index is 14.1. The number of carbonyl (C=O) groups excluding carboxylic acids is 2. The van der Waals surface area contributed by atoms with Gasteiger partial charge in [-0.1, -0.05) is 47.7 Å². The van der Waals surface area contributed by atoms with Crippen molar-refractivity contribution in [2.24, 2.45) is 4.99 Å². The first-order valence-corrected chi connectivity index (χ1v) is 16.9. The number of aromatic nitrogens is 1. The predicted molar refractivity (Wildman–Crippen MR) is 183 cm³/mol. The third-order valence-corrected chi connectivity index (χ3v) is 8.81. The molecule has 47 heavy (non-hydrogen) atoms. The van der Waals surface area contributed by atoms with E-state index in [4.69, 9.17) is 18.9 Å². The Balaban J connectivity index is 1.47. The van der Waals surface area contributed by atoms with Crippen LogP contribution in [-0.4, -0.2) is 35.8 Å². The first kappa shape index (κ1) is 33.9. The zero-order valence-corrected chi connectivity index (χ0v) is 29.1. The minimum Gasteiger partial charge on any atom is -0.491 e. The molecule has 5 rings (SSSR count). The molecular weight excluding hydrogens is 684 g/mol. The van der Waals surface area contributed by atoms with Crippen LogP contribution in [-0.2, 0) is 20.9 Å². The third kappa shape index (κ3) is 7.58. The molecule has 11 heteroatoms. The summed E-state index contributed by atoms with van der Waals surface area (Å²) in [7, 11) is 0. The van der Waals surface area contributed by atoms with Crippen molar-refractivity contribution in [1.29, 1.82) is 0 Å². The number of hydrogen-bond donors (Lipinski definition) is 0. The molecule has 9 nitrogen and oxygen atoms in total. The molecule has 1 atom stereocenters. The maximum Gasteiger partial charge on any atom is 0.338 e. The van der Waals surface area contributed by atoms with Crippen molar-refractivity contribution in [3.63, 3.8) is 0 Å². The largest absolute Gasteiger partial charge is 0.491 e. The van der Waals surface area contributed by atoms with Crippen molar-refractivity contribution in [2.75, 3.05) is 13.2 Å². The third-order valence-electron chi connectivity index (χ3n) is 7.21. The van der Waals surface area contributed by atoms with Crippen molar-refractivity contribution in [3.8, 4) is 11.5 Å². The number of hydrogen-bond acceptors (Lipinski definition) is 9. The molecule has 3 aromatic carbocycles. The average Bonchev–Trinajstić information content (AvgIpc) is 3.34. The summed E-state index contributed by atoms with van der Waals surface area (Å²) in [6.07, 6.45) is 1.68. The molecule has 0 spiro atoms. The Hall–Kier alpha value is -4.48. The molecule has 1 aromatic heterocycles. The van der Waals surface area contributed by atoms with Crippen LogP contribution < -0.4 is 24.4 Å². The van der Waals surface area contributed by atoms with Crippen molar-refractivity contribution in [2.45, 2.75) is 53.4 Å². The molecule has 0 fully saturated rings. The fraction of sp³-hybridized carbons (Fsp3) is 0.278. The minimum absolute atomic E-state index is 0.120. The lowest BCUT2D eigenvalue weighted by Crippen LogP contribution is -2.40. The summed E-state index contributed by atoms with van der Waals surface area (Å²) >= 11 is 4.85. The first-order chi connectivity index (χ1) is 22.6. The molecule has 1 aliphatic heterocycles. The Kier molecular flexibility index (Phi) is 10.8. The van der Waals surface area contributed by atoms with Gasteiger partial charge in [-0.05, 0) is 98.1 Å². The molecule has 0 radical (unpaired) electrons. The monoisotopic (exact) mass is 718 g/mol. The molecular formula is C36H35BrN2O7S. The number of ether oxygens (including phenoxy) is 4. The first-order valence-electron chi connectivity index (χ1n) is 15.2. The lowest BCUT2D eigenvalue weighted by Gasteiger charge is -2.26. The van der Waals surface area contributed by atoms with Gasteiger partial charge in [0.15, 0.2) is 4.80 Å². The Morgan fingerprint density at radius 1 is 0.979 bits per heavy atom. The summed E-state index contributed by atoms with van der Waals surface area (Å²) in [5.41, 5.74) is 3.32. The number of allylic oxidation sites excluding steroid dienone is 1. The number of thiazole rings is 1. The van der Waals surface area contributed by atoms with Crippen LogP contribution in [0.3, 0.4) is 0 Å². The second-order valence-electron chi connectivity index (χ2n) is 10.9. The van der Waals surface area contributed by atoms with Gasteiger partial charge in [-0.3, -0.25) is 9.36 Å². The summed E-state index contributed by atoms with van der Waals surface area (Å²) in [5, 5.41) is 0. The van der Waals surface area contributed by atoms with Gasteiger partial charge in [0, 0.05) is 5.56 Å². The molecule has 2 heterocycles. The molecule has 0 bridgehead atoms. The van der Waals surface area contributed by atoms with Gasteiger partial charge >= 0.3 is 11.9 Å². The van der Waals surface area contributed by atoms with E-state index in [2.05, 4.69) is 20.9 Å². The van der Waals surface area contributed by atoms with Crippen LogP contribution in [0, 0.1) is 0 Å². The van der Waals surface area contributed by atoms with Crippen molar-refractivity contribution >= 4 is 45.3 Å². The number of fused-ring (bicyclic) bond motifs is 1. The summed E-state index contributed by atoms with van der Waals surface area (Å²) < 4.78 is 25.3. The van der Waals surface area contributed by atoms with E-state index in [1.54, 1.807) is 43.5 Å². The highest BCUT2D eigenvalue weighted by Crippen LogP contribution is 2.36. The van der Waals surface area contributed by atoms with Gasteiger partial charge in [-0.15, -0.1) is 0 Å². The highest BCUT2D eigenvalue weighted by Gasteiger charge is 2.35. The number of benzene rings is 3. The summed E-state index contributed by atoms with van der Waals surface area (Å²) in [6.45, 7) is 9.92. The fourth-order valence-corrected chi connectivity index (χ4v) is 6.70. The number of carbonyl (C=O) groups is 2. The second-order valence-corrected chi connectivity index (χ2v) is 12.8. The van der Waals surface area contributed by atoms with Gasteiger partial charge in [-0.2, -0.15) is 0 Å². The van der Waals surface area contributed by atoms with Crippen LogP contribution in [0.5, 0.6) is 11.5 Å². The Morgan fingerprint density at radius 3 is 2.36 bits per heavy atom. The van der Waals surface area contributed by atoms with Crippen molar-refractivity contribution in [3.05, 3.63) is 124 Å². The average molecular weight is 720 g/mol. The lowest BCUT2D eigenvalue weighted by molar-refractivity contribution is -0.139. The van der Waals surface area contributed by atoms with Crippen LogP contribution >= 0.6 is 27.3 Å². The van der Waals surface area contributed by atoms with E-state index < -0.39 is 12.0 Å². The molecule has 0 N–H and O–H groups in total. The molecule has 0 saturated carbocycles. The topological polar surface area (TPSA) is 105 Å². The minimum atomic E-state index is -0.781. The highest BCUT2D eigenvalue weighted by molar-refractivity contribution is 9.10. The summed E-state index contributed by atoms with van der Waals surface area (Å²) in [4.78, 5) is 44.4. The van der Waals surface area contributed by atoms with Crippen LogP contribution in [0.25, 0.3) is 6.08 Å². The van der Waals surface area contributed by atoms with Gasteiger partial charge in [0.1, 0.15) is 24.1 Å². The highest BCUT2D eigenvalue weighted by atomic mass is 79.9. The molecule has 244 valence electrons. The quantitative estimate of drug-likeness (QED) is 0.173. The number of rotatable bonds is 11. The number of esters is 2. The van der Waals surface area contributed by atoms with Crippen molar-refractivity contribution < 1.29 is 28.5 Å². The maximum atomic E-state index is 14.1. The molecule has 4 aromatic rings. The Labute approximate surface area is 284 Å². The van der Waals surface area contributed by atoms with E-state index in [1.165, 1.54) is 11.3 Å². The van der Waals surface area contributed by atoms with Crippen LogP contribution in [0.2, 0.25) is 0 Å². The number of halogens is 1.